The van der Waals surface area contributed by atoms with Crippen molar-refractivity contribution in [2.24, 2.45) is 11.8 Å². The zero-order chi connectivity index (χ0) is 26.0. The van der Waals surface area contributed by atoms with Crippen LogP contribution in [0, 0.1) is 11.8 Å². The third-order valence-electron chi connectivity index (χ3n) is 7.74. The summed E-state index contributed by atoms with van der Waals surface area (Å²) >= 11 is 0. The standard InChI is InChI=1S/C33H39NO3/c1-24-8-10-27(11-9-24)20-28-14-12-25(13-15-28)4-2-6-32(36)29-21-30(23-34-22-29)33(37)7-3-5-26-16-18-31(35)19-17-26/h12-19,21-24,27,35H,2-11,20H2,1H3. The number of phenols is 1. The van der Waals surface area contributed by atoms with Crippen LogP contribution in [0.15, 0.2) is 67.0 Å². The molecule has 0 radical (unpaired) electrons. The van der Waals surface area contributed by atoms with E-state index >= 15 is 0 Å². The van der Waals surface area contributed by atoms with Gasteiger partial charge in [0.2, 0.25) is 0 Å². The fraction of sp³-hybridized carbons (Fsp3) is 0.424. The van der Waals surface area contributed by atoms with Gasteiger partial charge in [-0.2, -0.15) is 0 Å². The van der Waals surface area contributed by atoms with E-state index in [1.807, 2.05) is 12.1 Å². The number of ketones is 2. The Kier molecular flexibility index (Phi) is 9.65. The van der Waals surface area contributed by atoms with E-state index in [1.165, 1.54) is 43.2 Å². The van der Waals surface area contributed by atoms with Gasteiger partial charge in [0.05, 0.1) is 0 Å². The van der Waals surface area contributed by atoms with Crippen molar-refractivity contribution in [2.75, 3.05) is 0 Å². The molecule has 2 aromatic carbocycles. The number of aromatic nitrogens is 1. The van der Waals surface area contributed by atoms with Crippen LogP contribution in [0.5, 0.6) is 5.75 Å². The van der Waals surface area contributed by atoms with Gasteiger partial charge in [0.1, 0.15) is 5.75 Å². The molecule has 4 heteroatoms. The minimum atomic E-state index is 0.00348. The maximum Gasteiger partial charge on any atom is 0.164 e. The molecule has 1 aliphatic rings. The maximum absolute atomic E-state index is 12.8. The van der Waals surface area contributed by atoms with E-state index in [1.54, 1.807) is 30.6 Å². The van der Waals surface area contributed by atoms with Crippen molar-refractivity contribution < 1.29 is 14.7 Å². The summed E-state index contributed by atoms with van der Waals surface area (Å²) in [6.45, 7) is 2.37. The average molecular weight is 498 g/mol. The summed E-state index contributed by atoms with van der Waals surface area (Å²) in [5, 5.41) is 9.38. The quantitative estimate of drug-likeness (QED) is 0.262. The van der Waals surface area contributed by atoms with Crippen LogP contribution < -0.4 is 0 Å². The van der Waals surface area contributed by atoms with Crippen LogP contribution in [0.1, 0.15) is 95.7 Å². The van der Waals surface area contributed by atoms with E-state index in [4.69, 9.17) is 0 Å². The normalized spacial score (nSPS) is 17.4. The lowest BCUT2D eigenvalue weighted by atomic mass is 9.80. The molecule has 1 saturated carbocycles. The Morgan fingerprint density at radius 1 is 0.757 bits per heavy atom. The SMILES string of the molecule is CC1CCC(Cc2ccc(CCCC(=O)c3cncc(C(=O)CCCc4ccc(O)cc4)c3)cc2)CC1. The minimum absolute atomic E-state index is 0.00348. The third-order valence-corrected chi connectivity index (χ3v) is 7.74. The van der Waals surface area contributed by atoms with Gasteiger partial charge >= 0.3 is 0 Å². The number of phenolic OH excluding ortho intramolecular Hbond substituents is 1. The lowest BCUT2D eigenvalue weighted by Crippen LogP contribution is -2.14. The third kappa shape index (κ3) is 8.38. The van der Waals surface area contributed by atoms with Gasteiger partial charge in [0, 0.05) is 36.4 Å². The summed E-state index contributed by atoms with van der Waals surface area (Å²) in [6, 6.07) is 17.7. The number of benzene rings is 2. The number of aryl methyl sites for hydroxylation is 2. The molecule has 1 N–H and O–H groups in total. The highest BCUT2D eigenvalue weighted by molar-refractivity contribution is 6.00. The van der Waals surface area contributed by atoms with Gasteiger partial charge in [-0.15, -0.1) is 0 Å². The summed E-state index contributed by atoms with van der Waals surface area (Å²) in [4.78, 5) is 29.6. The first-order chi connectivity index (χ1) is 18.0. The smallest absolute Gasteiger partial charge is 0.164 e. The zero-order valence-corrected chi connectivity index (χ0v) is 22.0. The van der Waals surface area contributed by atoms with Crippen molar-refractivity contribution in [1.82, 2.24) is 4.98 Å². The van der Waals surface area contributed by atoms with E-state index in [0.29, 0.717) is 30.4 Å². The molecule has 1 fully saturated rings. The number of carbonyl (C=O) groups excluding carboxylic acids is 2. The molecule has 0 atom stereocenters. The summed E-state index contributed by atoms with van der Waals surface area (Å²) in [6.07, 6.45) is 13.7. The van der Waals surface area contributed by atoms with Gasteiger partial charge in [0.15, 0.2) is 11.6 Å². The molecule has 4 nitrogen and oxygen atoms in total. The molecule has 0 aliphatic heterocycles. The number of carbonyl (C=O) groups is 2. The molecule has 0 spiro atoms. The van der Waals surface area contributed by atoms with Crippen molar-refractivity contribution in [1.29, 1.82) is 0 Å². The number of nitrogens with zero attached hydrogens (tertiary/aromatic N) is 1. The van der Waals surface area contributed by atoms with Crippen LogP contribution in [0.2, 0.25) is 0 Å². The summed E-state index contributed by atoms with van der Waals surface area (Å²) in [5.41, 5.74) is 4.79. The van der Waals surface area contributed by atoms with E-state index in [2.05, 4.69) is 36.2 Å². The molecule has 37 heavy (non-hydrogen) atoms. The highest BCUT2D eigenvalue weighted by Gasteiger charge is 2.18. The molecule has 0 unspecified atom stereocenters. The first-order valence-corrected chi connectivity index (χ1v) is 13.8. The fourth-order valence-corrected chi connectivity index (χ4v) is 5.31. The Hall–Kier alpha value is -3.27. The van der Waals surface area contributed by atoms with E-state index in [0.717, 1.165) is 36.7 Å². The number of pyridine rings is 1. The van der Waals surface area contributed by atoms with Crippen molar-refractivity contribution in [3.63, 3.8) is 0 Å². The summed E-state index contributed by atoms with van der Waals surface area (Å²) < 4.78 is 0. The largest absolute Gasteiger partial charge is 0.508 e. The number of hydrogen-bond acceptors (Lipinski definition) is 4. The molecular formula is C33H39NO3. The molecular weight excluding hydrogens is 458 g/mol. The second-order valence-corrected chi connectivity index (χ2v) is 10.8. The lowest BCUT2D eigenvalue weighted by molar-refractivity contribution is 0.0979. The second-order valence-electron chi connectivity index (χ2n) is 10.8. The number of hydrogen-bond donors (Lipinski definition) is 1. The molecule has 3 aromatic rings. The van der Waals surface area contributed by atoms with Crippen molar-refractivity contribution in [3.05, 3.63) is 94.8 Å². The van der Waals surface area contributed by atoms with E-state index < -0.39 is 0 Å². The fourth-order valence-electron chi connectivity index (χ4n) is 5.31. The average Bonchev–Trinajstić information content (AvgIpc) is 2.92. The van der Waals surface area contributed by atoms with E-state index in [9.17, 15) is 14.7 Å². The zero-order valence-electron chi connectivity index (χ0n) is 22.0. The van der Waals surface area contributed by atoms with Gasteiger partial charge in [-0.25, -0.2) is 0 Å². The highest BCUT2D eigenvalue weighted by Crippen LogP contribution is 2.30. The van der Waals surface area contributed by atoms with Crippen LogP contribution in [0.3, 0.4) is 0 Å². The second kappa shape index (κ2) is 13.3. The predicted octanol–water partition coefficient (Wildman–Crippen LogP) is 7.57. The Morgan fingerprint density at radius 3 is 1.78 bits per heavy atom. The van der Waals surface area contributed by atoms with Gasteiger partial charge in [-0.1, -0.05) is 56.2 Å². The number of rotatable bonds is 12. The van der Waals surface area contributed by atoms with Crippen molar-refractivity contribution in [2.45, 2.75) is 77.6 Å². The van der Waals surface area contributed by atoms with Gasteiger partial charge in [0.25, 0.3) is 0 Å². The first kappa shape index (κ1) is 26.8. The van der Waals surface area contributed by atoms with Crippen molar-refractivity contribution in [3.8, 4) is 5.75 Å². The van der Waals surface area contributed by atoms with Crippen LogP contribution >= 0.6 is 0 Å². The van der Waals surface area contributed by atoms with Gasteiger partial charge in [-0.3, -0.25) is 14.6 Å². The first-order valence-electron chi connectivity index (χ1n) is 13.8. The molecule has 194 valence electrons. The molecule has 1 aromatic heterocycles. The number of aromatic hydroxyl groups is 1. The molecule has 0 bridgehead atoms. The van der Waals surface area contributed by atoms with Crippen molar-refractivity contribution >= 4 is 11.6 Å². The molecule has 1 aliphatic carbocycles. The Balaban J connectivity index is 1.20. The van der Waals surface area contributed by atoms with Gasteiger partial charge < -0.3 is 5.11 Å². The van der Waals surface area contributed by atoms with Gasteiger partial charge in [-0.05, 0) is 91.7 Å². The highest BCUT2D eigenvalue weighted by atomic mass is 16.3. The number of Topliss-reactive ketones (excluding diaryl/α,β-unsaturated/α-hetero) is 2. The van der Waals surface area contributed by atoms with Crippen LogP contribution in [-0.4, -0.2) is 21.7 Å². The minimum Gasteiger partial charge on any atom is -0.508 e. The Labute approximate surface area is 221 Å². The Bertz CT molecular complexity index is 1160. The molecule has 0 saturated heterocycles. The van der Waals surface area contributed by atoms with Crippen LogP contribution in [-0.2, 0) is 19.3 Å². The lowest BCUT2D eigenvalue weighted by Gasteiger charge is -2.26. The topological polar surface area (TPSA) is 67.3 Å². The predicted molar refractivity (Wildman–Crippen MR) is 148 cm³/mol. The molecule has 0 amide bonds. The maximum atomic E-state index is 12.8. The summed E-state index contributed by atoms with van der Waals surface area (Å²) in [5.74, 6) is 2.00. The monoisotopic (exact) mass is 497 g/mol. The molecule has 1 heterocycles. The van der Waals surface area contributed by atoms with E-state index in [-0.39, 0.29) is 17.3 Å². The molecule has 4 rings (SSSR count). The summed E-state index contributed by atoms with van der Waals surface area (Å²) in [7, 11) is 0. The van der Waals surface area contributed by atoms with Crippen LogP contribution in [0.4, 0.5) is 0 Å². The Morgan fingerprint density at radius 2 is 1.24 bits per heavy atom. The van der Waals surface area contributed by atoms with Crippen LogP contribution in [0.25, 0.3) is 0 Å².